The quantitative estimate of drug-likeness (QED) is 0.486. The molecule has 6 rings (SSSR count). The number of alkyl halides is 3. The summed E-state index contributed by atoms with van der Waals surface area (Å²) in [5, 5.41) is 11.3. The van der Waals surface area contributed by atoms with Gasteiger partial charge in [0.1, 0.15) is 0 Å². The number of aromatic nitrogens is 4. The van der Waals surface area contributed by atoms with Crippen molar-refractivity contribution in [1.82, 2.24) is 24.0 Å². The van der Waals surface area contributed by atoms with Crippen molar-refractivity contribution in [1.29, 1.82) is 0 Å². The molecule has 0 radical (unpaired) electrons. The van der Waals surface area contributed by atoms with E-state index in [1.54, 1.807) is 11.6 Å². The monoisotopic (exact) mass is 582 g/mol. The molecule has 2 unspecified atom stereocenters. The minimum atomic E-state index is -5.08. The topological polar surface area (TPSA) is 114 Å². The first-order valence-electron chi connectivity index (χ1n) is 13.2. The van der Waals surface area contributed by atoms with E-state index >= 15 is 0 Å². The fraction of sp³-hybridized carbons (Fsp3) is 0.538. The first-order chi connectivity index (χ1) is 19.0. The molecular weight excluding hydrogens is 553 g/mol. The molecule has 4 heterocycles. The van der Waals surface area contributed by atoms with Gasteiger partial charge in [0.15, 0.2) is 11.2 Å². The van der Waals surface area contributed by atoms with Crippen LogP contribution in [0.4, 0.5) is 19.1 Å². The van der Waals surface area contributed by atoms with Gasteiger partial charge in [0.05, 0.1) is 6.54 Å². The van der Waals surface area contributed by atoms with Gasteiger partial charge in [-0.25, -0.2) is 9.59 Å². The molecular formula is C26H30ClF3N6O4. The molecule has 0 bridgehead atoms. The average Bonchev–Trinajstić information content (AvgIpc) is 3.69. The molecule has 2 N–H and O–H groups in total. The molecule has 0 spiro atoms. The third kappa shape index (κ3) is 5.12. The van der Waals surface area contributed by atoms with E-state index < -0.39 is 12.1 Å². The molecule has 216 valence electrons. The van der Waals surface area contributed by atoms with Crippen LogP contribution in [0.25, 0.3) is 11.2 Å². The van der Waals surface area contributed by atoms with Gasteiger partial charge < -0.3 is 15.3 Å². The summed E-state index contributed by atoms with van der Waals surface area (Å²) >= 11 is 6.53. The highest BCUT2D eigenvalue weighted by Crippen LogP contribution is 2.34. The van der Waals surface area contributed by atoms with E-state index in [1.807, 2.05) is 28.8 Å². The maximum Gasteiger partial charge on any atom is 0.490 e. The van der Waals surface area contributed by atoms with Crippen LogP contribution in [0.5, 0.6) is 0 Å². The minimum absolute atomic E-state index is 0.0390. The van der Waals surface area contributed by atoms with Crippen LogP contribution in [0.15, 0.2) is 33.9 Å². The van der Waals surface area contributed by atoms with Crippen LogP contribution in [-0.4, -0.2) is 61.6 Å². The van der Waals surface area contributed by atoms with Gasteiger partial charge in [-0.3, -0.25) is 18.5 Å². The number of hydrogen-bond donors (Lipinski definition) is 2. The third-order valence-electron chi connectivity index (χ3n) is 8.08. The largest absolute Gasteiger partial charge is 0.490 e. The number of nitrogens with zero attached hydrogens (tertiary/aromatic N) is 5. The lowest BCUT2D eigenvalue weighted by Gasteiger charge is -2.25. The number of imidazole rings is 1. The number of aryl methyl sites for hydroxylation is 1. The molecule has 2 saturated heterocycles. The number of halogens is 4. The lowest BCUT2D eigenvalue weighted by molar-refractivity contribution is -0.192. The van der Waals surface area contributed by atoms with Gasteiger partial charge >= 0.3 is 17.8 Å². The number of carbonyl (C=O) groups is 1. The van der Waals surface area contributed by atoms with Gasteiger partial charge in [-0.05, 0) is 36.8 Å². The number of aliphatic carboxylic acids is 1. The zero-order valence-corrected chi connectivity index (χ0v) is 22.6. The third-order valence-corrected chi connectivity index (χ3v) is 8.45. The maximum atomic E-state index is 13.9. The summed E-state index contributed by atoms with van der Waals surface area (Å²) in [5.41, 5.74) is 1.38. The molecule has 2 atom stereocenters. The summed E-state index contributed by atoms with van der Waals surface area (Å²) < 4.78 is 36.8. The van der Waals surface area contributed by atoms with Crippen molar-refractivity contribution in [3.63, 3.8) is 0 Å². The number of carboxylic acids is 1. The summed E-state index contributed by atoms with van der Waals surface area (Å²) in [6, 6.07) is 8.03. The number of carboxylic acid groups (broad SMARTS) is 1. The van der Waals surface area contributed by atoms with Crippen LogP contribution >= 0.6 is 11.6 Å². The molecule has 2 aliphatic heterocycles. The lowest BCUT2D eigenvalue weighted by atomic mass is 10.1. The molecule has 3 aromatic rings. The van der Waals surface area contributed by atoms with Crippen LogP contribution in [0.2, 0.25) is 5.02 Å². The Labute approximate surface area is 232 Å². The fourth-order valence-electron chi connectivity index (χ4n) is 6.07. The summed E-state index contributed by atoms with van der Waals surface area (Å²) in [7, 11) is 1.73. The Bertz CT molecular complexity index is 1540. The van der Waals surface area contributed by atoms with Crippen LogP contribution in [-0.2, 0) is 18.4 Å². The number of hydrogen-bond acceptors (Lipinski definition) is 6. The number of anilines is 1. The van der Waals surface area contributed by atoms with Gasteiger partial charge in [-0.2, -0.15) is 18.2 Å². The molecule has 14 heteroatoms. The number of rotatable bonds is 4. The van der Waals surface area contributed by atoms with Crippen LogP contribution in [0.1, 0.15) is 43.7 Å². The highest BCUT2D eigenvalue weighted by atomic mass is 35.5. The highest BCUT2D eigenvalue weighted by molar-refractivity contribution is 6.31. The zero-order valence-electron chi connectivity index (χ0n) is 21.8. The van der Waals surface area contributed by atoms with E-state index in [0.29, 0.717) is 34.7 Å². The van der Waals surface area contributed by atoms with Crippen molar-refractivity contribution in [3.05, 3.63) is 55.7 Å². The van der Waals surface area contributed by atoms with Gasteiger partial charge in [0.2, 0.25) is 5.95 Å². The maximum absolute atomic E-state index is 13.9. The SMILES string of the molecule is Cn1c(=O)n(C2CCCC2)c(=O)c2c1nc(N1CCC3CNCC31)n2Cc1ccccc1Cl.O=C(O)C(F)(F)F. The Morgan fingerprint density at radius 1 is 1.15 bits per heavy atom. The summed E-state index contributed by atoms with van der Waals surface area (Å²) in [6.07, 6.45) is -0.155. The predicted octanol–water partition coefficient (Wildman–Crippen LogP) is 3.14. The smallest absolute Gasteiger partial charge is 0.475 e. The fourth-order valence-corrected chi connectivity index (χ4v) is 6.27. The Morgan fingerprint density at radius 3 is 2.48 bits per heavy atom. The Morgan fingerprint density at radius 2 is 1.82 bits per heavy atom. The first-order valence-corrected chi connectivity index (χ1v) is 13.6. The molecule has 1 aliphatic carbocycles. The summed E-state index contributed by atoms with van der Waals surface area (Å²) in [6.45, 7) is 3.25. The highest BCUT2D eigenvalue weighted by Gasteiger charge is 2.40. The molecule has 1 aromatic carbocycles. The van der Waals surface area contributed by atoms with Crippen molar-refractivity contribution in [2.45, 2.75) is 56.9 Å². The average molecular weight is 583 g/mol. The van der Waals surface area contributed by atoms with E-state index in [4.69, 9.17) is 26.5 Å². The second-order valence-electron chi connectivity index (χ2n) is 10.5. The molecule has 3 aliphatic rings. The normalized spacial score (nSPS) is 21.1. The Balaban J connectivity index is 0.000000411. The summed E-state index contributed by atoms with van der Waals surface area (Å²) in [4.78, 5) is 43.3. The zero-order chi connectivity index (χ0) is 28.8. The predicted molar refractivity (Wildman–Crippen MR) is 143 cm³/mol. The van der Waals surface area contributed by atoms with E-state index in [2.05, 4.69) is 10.2 Å². The molecule has 40 heavy (non-hydrogen) atoms. The lowest BCUT2D eigenvalue weighted by Crippen LogP contribution is -2.41. The van der Waals surface area contributed by atoms with Crippen molar-refractivity contribution >= 4 is 34.7 Å². The molecule has 3 fully saturated rings. The summed E-state index contributed by atoms with van der Waals surface area (Å²) in [5.74, 6) is -1.41. The molecule has 2 aromatic heterocycles. The number of fused-ring (bicyclic) bond motifs is 2. The van der Waals surface area contributed by atoms with Crippen molar-refractivity contribution < 1.29 is 23.1 Å². The standard InChI is InChI=1S/C24H29ClN6O2.C2HF3O2/c1-28-21-20(22(32)31(24(28)33)17-7-3-4-8-17)30(14-16-6-2-5-9-18(16)25)23(27-21)29-11-10-15-12-26-13-19(15)29;3-2(4,5)1(6)7/h2,5-6,9,15,17,19,26H,3-4,7-8,10-14H2,1H3;(H,6,7). The van der Waals surface area contributed by atoms with E-state index in [-0.39, 0.29) is 17.3 Å². The van der Waals surface area contributed by atoms with Crippen LogP contribution < -0.4 is 21.5 Å². The van der Waals surface area contributed by atoms with Crippen LogP contribution in [0.3, 0.4) is 0 Å². The van der Waals surface area contributed by atoms with Crippen LogP contribution in [0, 0.1) is 5.92 Å². The van der Waals surface area contributed by atoms with E-state index in [1.165, 1.54) is 4.57 Å². The van der Waals surface area contributed by atoms with Crippen molar-refractivity contribution in [2.75, 3.05) is 24.5 Å². The van der Waals surface area contributed by atoms with E-state index in [9.17, 15) is 22.8 Å². The van der Waals surface area contributed by atoms with Gasteiger partial charge in [-0.15, -0.1) is 0 Å². The van der Waals surface area contributed by atoms with Crippen molar-refractivity contribution in [3.8, 4) is 0 Å². The molecule has 10 nitrogen and oxygen atoms in total. The first kappa shape index (κ1) is 28.2. The Hall–Kier alpha value is -3.32. The van der Waals surface area contributed by atoms with Gasteiger partial charge in [0.25, 0.3) is 5.56 Å². The molecule has 0 amide bonds. The second-order valence-corrected chi connectivity index (χ2v) is 10.9. The number of nitrogens with one attached hydrogen (secondary N) is 1. The van der Waals surface area contributed by atoms with Gasteiger partial charge in [-0.1, -0.05) is 42.6 Å². The van der Waals surface area contributed by atoms with Gasteiger partial charge in [0, 0.05) is 43.8 Å². The second kappa shape index (κ2) is 10.9. The molecule has 1 saturated carbocycles. The number of benzene rings is 1. The van der Waals surface area contributed by atoms with Crippen molar-refractivity contribution in [2.24, 2.45) is 13.0 Å². The Kier molecular flexibility index (Phi) is 7.71. The minimum Gasteiger partial charge on any atom is -0.475 e. The van der Waals surface area contributed by atoms with E-state index in [0.717, 1.165) is 63.3 Å².